The molecule has 108 valence electrons. The molecule has 0 spiro atoms. The van der Waals surface area contributed by atoms with Crippen molar-refractivity contribution in [1.29, 1.82) is 0 Å². The molecule has 6 heteroatoms. The predicted molar refractivity (Wildman–Crippen MR) is 80.6 cm³/mol. The predicted octanol–water partition coefficient (Wildman–Crippen LogP) is 5.37. The molecular formula is C14H12BrF3OS. The van der Waals surface area contributed by atoms with E-state index >= 15 is 0 Å². The van der Waals surface area contributed by atoms with Gasteiger partial charge in [-0.1, -0.05) is 46.3 Å². The summed E-state index contributed by atoms with van der Waals surface area (Å²) in [6.07, 6.45) is 0. The summed E-state index contributed by atoms with van der Waals surface area (Å²) in [5.41, 5.74) is -3.24. The van der Waals surface area contributed by atoms with E-state index in [0.717, 1.165) is 16.3 Å². The van der Waals surface area contributed by atoms with E-state index < -0.39 is 5.51 Å². The van der Waals surface area contributed by atoms with Gasteiger partial charge in [0.1, 0.15) is 5.75 Å². The molecule has 0 amide bonds. The first-order chi connectivity index (χ1) is 9.51. The summed E-state index contributed by atoms with van der Waals surface area (Å²) in [6.45, 7) is 0.0303. The van der Waals surface area contributed by atoms with Crippen LogP contribution in [0.4, 0.5) is 13.2 Å². The lowest BCUT2D eigenvalue weighted by atomic mass is 10.0. The quantitative estimate of drug-likeness (QED) is 0.521. The second kappa shape index (κ2) is 6.72. The Morgan fingerprint density at radius 1 is 1.10 bits per heavy atom. The van der Waals surface area contributed by atoms with Crippen molar-refractivity contribution in [2.45, 2.75) is 10.8 Å². The molecule has 1 nitrogen and oxygen atoms in total. The molecule has 2 aromatic carbocycles. The highest BCUT2D eigenvalue weighted by Gasteiger charge is 2.27. The van der Waals surface area contributed by atoms with Gasteiger partial charge in [-0.05, 0) is 28.6 Å². The van der Waals surface area contributed by atoms with E-state index in [-0.39, 0.29) is 24.1 Å². The lowest BCUT2D eigenvalue weighted by Crippen LogP contribution is -2.08. The summed E-state index contributed by atoms with van der Waals surface area (Å²) in [7, 11) is 0. The van der Waals surface area contributed by atoms with Crippen molar-refractivity contribution in [2.24, 2.45) is 0 Å². The SMILES string of the molecule is FC(F)(F)SCCOc1ccc2ccccc2c1CBr. The van der Waals surface area contributed by atoms with Crippen LogP contribution in [0.15, 0.2) is 36.4 Å². The first kappa shape index (κ1) is 15.5. The third-order valence-corrected chi connectivity index (χ3v) is 4.00. The fourth-order valence-electron chi connectivity index (χ4n) is 1.90. The summed E-state index contributed by atoms with van der Waals surface area (Å²) >= 11 is 3.34. The Bertz CT molecular complexity index is 586. The molecule has 0 N–H and O–H groups in total. The molecule has 0 saturated carbocycles. The molecular weight excluding hydrogens is 353 g/mol. The minimum Gasteiger partial charge on any atom is -0.492 e. The molecule has 0 fully saturated rings. The average molecular weight is 365 g/mol. The summed E-state index contributed by atoms with van der Waals surface area (Å²) < 4.78 is 41.6. The number of ether oxygens (including phenoxy) is 1. The Morgan fingerprint density at radius 2 is 1.85 bits per heavy atom. The van der Waals surface area contributed by atoms with E-state index in [4.69, 9.17) is 4.74 Å². The number of rotatable bonds is 5. The van der Waals surface area contributed by atoms with Crippen molar-refractivity contribution in [3.8, 4) is 5.75 Å². The van der Waals surface area contributed by atoms with Gasteiger partial charge in [-0.3, -0.25) is 0 Å². The lowest BCUT2D eigenvalue weighted by molar-refractivity contribution is -0.0329. The minimum absolute atomic E-state index is 0.0303. The van der Waals surface area contributed by atoms with Gasteiger partial charge in [-0.25, -0.2) is 0 Å². The second-order valence-electron chi connectivity index (χ2n) is 4.04. The fraction of sp³-hybridized carbons (Fsp3) is 0.286. The minimum atomic E-state index is -4.20. The molecule has 0 aliphatic carbocycles. The van der Waals surface area contributed by atoms with Crippen LogP contribution in [-0.4, -0.2) is 17.9 Å². The second-order valence-corrected chi connectivity index (χ2v) is 5.76. The number of fused-ring (bicyclic) bond motifs is 1. The van der Waals surface area contributed by atoms with E-state index in [9.17, 15) is 13.2 Å². The van der Waals surface area contributed by atoms with Gasteiger partial charge in [-0.15, -0.1) is 0 Å². The maximum atomic E-state index is 12.0. The zero-order valence-electron chi connectivity index (χ0n) is 10.4. The molecule has 2 rings (SSSR count). The fourth-order valence-corrected chi connectivity index (χ4v) is 2.87. The van der Waals surface area contributed by atoms with Gasteiger partial charge in [0.05, 0.1) is 6.61 Å². The van der Waals surface area contributed by atoms with E-state index in [0.29, 0.717) is 11.1 Å². The van der Waals surface area contributed by atoms with Gasteiger partial charge >= 0.3 is 5.51 Å². The highest BCUT2D eigenvalue weighted by molar-refractivity contribution is 9.08. The van der Waals surface area contributed by atoms with Crippen LogP contribution in [0, 0.1) is 0 Å². The van der Waals surface area contributed by atoms with E-state index in [1.54, 1.807) is 6.07 Å². The molecule has 0 bridgehead atoms. The summed E-state index contributed by atoms with van der Waals surface area (Å²) in [5.74, 6) is 0.515. The third-order valence-electron chi connectivity index (χ3n) is 2.74. The van der Waals surface area contributed by atoms with E-state index in [1.165, 1.54) is 0 Å². The van der Waals surface area contributed by atoms with Crippen molar-refractivity contribution in [2.75, 3.05) is 12.4 Å². The number of thioether (sulfide) groups is 1. The molecule has 2 aromatic rings. The van der Waals surface area contributed by atoms with Crippen molar-refractivity contribution < 1.29 is 17.9 Å². The highest BCUT2D eigenvalue weighted by Crippen LogP contribution is 2.32. The van der Waals surface area contributed by atoms with Crippen molar-refractivity contribution in [3.05, 3.63) is 42.0 Å². The van der Waals surface area contributed by atoms with Crippen LogP contribution in [0.3, 0.4) is 0 Å². The maximum absolute atomic E-state index is 12.0. The van der Waals surface area contributed by atoms with Gasteiger partial charge in [0.25, 0.3) is 0 Å². The van der Waals surface area contributed by atoms with Gasteiger partial charge in [-0.2, -0.15) is 13.2 Å². The van der Waals surface area contributed by atoms with Gasteiger partial charge < -0.3 is 4.74 Å². The molecule has 0 aliphatic heterocycles. The first-order valence-electron chi connectivity index (χ1n) is 5.91. The topological polar surface area (TPSA) is 9.23 Å². The van der Waals surface area contributed by atoms with Crippen molar-refractivity contribution in [1.82, 2.24) is 0 Å². The van der Waals surface area contributed by atoms with Crippen LogP contribution >= 0.6 is 27.7 Å². The zero-order chi connectivity index (χ0) is 14.6. The Labute approximate surface area is 127 Å². The van der Waals surface area contributed by atoms with Gasteiger partial charge in [0, 0.05) is 16.6 Å². The summed E-state index contributed by atoms with van der Waals surface area (Å²) in [6, 6.07) is 11.6. The Morgan fingerprint density at radius 3 is 2.55 bits per heavy atom. The van der Waals surface area contributed by atoms with Gasteiger partial charge in [0.2, 0.25) is 0 Å². The molecule has 0 aliphatic rings. The molecule has 0 unspecified atom stereocenters. The van der Waals surface area contributed by atoms with Crippen LogP contribution in [0.25, 0.3) is 10.8 Å². The summed E-state index contributed by atoms with van der Waals surface area (Å²) in [5, 5.41) is 2.72. The Hall–Kier alpha value is -0.880. The standard InChI is InChI=1S/C14H12BrF3OS/c15-9-12-11-4-2-1-3-10(11)5-6-13(12)19-7-8-20-14(16,17)18/h1-6H,7-9H2. The Kier molecular flexibility index (Phi) is 5.21. The van der Waals surface area contributed by atoms with Crippen LogP contribution < -0.4 is 4.74 Å². The number of halogens is 4. The molecule has 0 saturated heterocycles. The number of hydrogen-bond donors (Lipinski definition) is 0. The number of benzene rings is 2. The molecule has 0 radical (unpaired) electrons. The largest absolute Gasteiger partial charge is 0.492 e. The lowest BCUT2D eigenvalue weighted by Gasteiger charge is -2.13. The maximum Gasteiger partial charge on any atom is 0.441 e. The Balaban J connectivity index is 2.10. The van der Waals surface area contributed by atoms with Crippen LogP contribution in [0.5, 0.6) is 5.75 Å². The van der Waals surface area contributed by atoms with Crippen molar-refractivity contribution in [3.63, 3.8) is 0 Å². The van der Waals surface area contributed by atoms with Crippen LogP contribution in [0.2, 0.25) is 0 Å². The normalized spacial score (nSPS) is 11.8. The molecule has 0 atom stereocenters. The average Bonchev–Trinajstić information content (AvgIpc) is 2.42. The third kappa shape index (κ3) is 4.06. The first-order valence-corrected chi connectivity index (χ1v) is 8.02. The summed E-state index contributed by atoms with van der Waals surface area (Å²) in [4.78, 5) is 0. The number of alkyl halides is 4. The van der Waals surface area contributed by atoms with E-state index in [2.05, 4.69) is 15.9 Å². The highest BCUT2D eigenvalue weighted by atomic mass is 79.9. The molecule has 20 heavy (non-hydrogen) atoms. The number of hydrogen-bond acceptors (Lipinski definition) is 2. The molecule has 0 aromatic heterocycles. The van der Waals surface area contributed by atoms with Gasteiger partial charge in [0.15, 0.2) is 0 Å². The zero-order valence-corrected chi connectivity index (χ0v) is 12.8. The monoisotopic (exact) mass is 364 g/mol. The van der Waals surface area contributed by atoms with E-state index in [1.807, 2.05) is 30.3 Å². The van der Waals surface area contributed by atoms with Crippen molar-refractivity contribution >= 4 is 38.5 Å². The van der Waals surface area contributed by atoms with Crippen LogP contribution in [-0.2, 0) is 5.33 Å². The van der Waals surface area contributed by atoms with Crippen LogP contribution in [0.1, 0.15) is 5.56 Å². The smallest absolute Gasteiger partial charge is 0.441 e. The molecule has 0 heterocycles.